The SMILES string of the molecule is O=C1O[C@@H]2C[C@@H]1N(C(=O)c1cnn(-c3ccccc3)n1)C2. The number of nitrogens with zero attached hydrogens (tertiary/aromatic N) is 4. The van der Waals surface area contributed by atoms with Crippen molar-refractivity contribution in [3.05, 3.63) is 42.2 Å². The van der Waals surface area contributed by atoms with E-state index in [0.717, 1.165) is 5.69 Å². The van der Waals surface area contributed by atoms with E-state index < -0.39 is 6.04 Å². The smallest absolute Gasteiger partial charge is 0.329 e. The molecule has 1 aromatic heterocycles. The van der Waals surface area contributed by atoms with Crippen LogP contribution >= 0.6 is 0 Å². The fourth-order valence-corrected chi connectivity index (χ4v) is 2.77. The van der Waals surface area contributed by atoms with E-state index in [9.17, 15) is 9.59 Å². The largest absolute Gasteiger partial charge is 0.459 e. The Bertz CT molecular complexity index is 712. The molecular formula is C14H12N4O3. The van der Waals surface area contributed by atoms with Crippen molar-refractivity contribution in [2.45, 2.75) is 18.6 Å². The number of hydrogen-bond donors (Lipinski definition) is 0. The second-order valence-corrected chi connectivity index (χ2v) is 5.12. The van der Waals surface area contributed by atoms with Gasteiger partial charge in [0.1, 0.15) is 12.1 Å². The summed E-state index contributed by atoms with van der Waals surface area (Å²) >= 11 is 0. The predicted octanol–water partition coefficient (Wildman–Crippen LogP) is 0.407. The molecule has 0 unspecified atom stereocenters. The molecule has 2 atom stereocenters. The van der Waals surface area contributed by atoms with Gasteiger partial charge in [0.05, 0.1) is 18.4 Å². The van der Waals surface area contributed by atoms with Crippen molar-refractivity contribution in [1.82, 2.24) is 19.9 Å². The summed E-state index contributed by atoms with van der Waals surface area (Å²) in [6.07, 6.45) is 1.83. The fourth-order valence-electron chi connectivity index (χ4n) is 2.77. The molecular weight excluding hydrogens is 272 g/mol. The first-order valence-corrected chi connectivity index (χ1v) is 6.71. The molecule has 0 N–H and O–H groups in total. The minimum absolute atomic E-state index is 0.171. The Hall–Kier alpha value is -2.70. The van der Waals surface area contributed by atoms with E-state index in [0.29, 0.717) is 13.0 Å². The Morgan fingerprint density at radius 1 is 1.29 bits per heavy atom. The highest BCUT2D eigenvalue weighted by Gasteiger charge is 2.49. The first-order valence-electron chi connectivity index (χ1n) is 6.71. The molecule has 7 nitrogen and oxygen atoms in total. The van der Waals surface area contributed by atoms with Gasteiger partial charge in [0, 0.05) is 6.42 Å². The Labute approximate surface area is 120 Å². The summed E-state index contributed by atoms with van der Waals surface area (Å²) in [6.45, 7) is 0.438. The molecule has 0 radical (unpaired) electrons. The number of carbonyl (C=O) groups excluding carboxylic acids is 2. The number of aromatic nitrogens is 3. The van der Waals surface area contributed by atoms with Gasteiger partial charge in [0.15, 0.2) is 5.69 Å². The van der Waals surface area contributed by atoms with Crippen molar-refractivity contribution in [3.63, 3.8) is 0 Å². The average molecular weight is 284 g/mol. The Morgan fingerprint density at radius 3 is 2.81 bits per heavy atom. The van der Waals surface area contributed by atoms with Crippen molar-refractivity contribution in [2.24, 2.45) is 0 Å². The van der Waals surface area contributed by atoms with Gasteiger partial charge in [0.2, 0.25) is 0 Å². The van der Waals surface area contributed by atoms with Gasteiger partial charge in [-0.1, -0.05) is 18.2 Å². The lowest BCUT2D eigenvalue weighted by Crippen LogP contribution is -2.44. The molecule has 1 amide bonds. The lowest BCUT2D eigenvalue weighted by Gasteiger charge is -2.24. The van der Waals surface area contributed by atoms with Crippen LogP contribution in [0.1, 0.15) is 16.9 Å². The second-order valence-electron chi connectivity index (χ2n) is 5.12. The van der Waals surface area contributed by atoms with Crippen LogP contribution in [0.2, 0.25) is 0 Å². The van der Waals surface area contributed by atoms with Crippen LogP contribution in [0.25, 0.3) is 5.69 Å². The summed E-state index contributed by atoms with van der Waals surface area (Å²) in [4.78, 5) is 26.9. The molecule has 7 heteroatoms. The standard InChI is InChI=1S/C14H12N4O3/c19-13(17-8-10-6-12(17)14(20)21-10)11-7-15-18(16-11)9-4-2-1-3-5-9/h1-5,7,10,12H,6,8H2/t10-,12+/m1/s1. The Morgan fingerprint density at radius 2 is 2.10 bits per heavy atom. The molecule has 2 bridgehead atoms. The van der Waals surface area contributed by atoms with Gasteiger partial charge in [-0.2, -0.15) is 9.90 Å². The molecule has 4 rings (SSSR count). The maximum absolute atomic E-state index is 12.4. The third kappa shape index (κ3) is 1.89. The number of benzene rings is 1. The normalized spacial score (nSPS) is 23.4. The molecule has 21 heavy (non-hydrogen) atoms. The highest BCUT2D eigenvalue weighted by Crippen LogP contribution is 2.29. The molecule has 3 heterocycles. The minimum Gasteiger partial charge on any atom is -0.459 e. The summed E-state index contributed by atoms with van der Waals surface area (Å²) < 4.78 is 5.08. The van der Waals surface area contributed by atoms with Crippen LogP contribution in [0.4, 0.5) is 0 Å². The van der Waals surface area contributed by atoms with Gasteiger partial charge in [-0.05, 0) is 12.1 Å². The number of rotatable bonds is 2. The van der Waals surface area contributed by atoms with E-state index in [-0.39, 0.29) is 23.7 Å². The van der Waals surface area contributed by atoms with Crippen molar-refractivity contribution in [2.75, 3.05) is 6.54 Å². The zero-order chi connectivity index (χ0) is 14.4. The summed E-state index contributed by atoms with van der Waals surface area (Å²) in [7, 11) is 0. The highest BCUT2D eigenvalue weighted by molar-refractivity contribution is 5.96. The number of fused-ring (bicyclic) bond motifs is 2. The maximum atomic E-state index is 12.4. The Kier molecular flexibility index (Phi) is 2.53. The van der Waals surface area contributed by atoms with Gasteiger partial charge in [-0.15, -0.1) is 5.10 Å². The van der Waals surface area contributed by atoms with E-state index in [2.05, 4.69) is 10.2 Å². The number of amides is 1. The number of ether oxygens (including phenoxy) is 1. The van der Waals surface area contributed by atoms with Crippen molar-refractivity contribution in [1.29, 1.82) is 0 Å². The fraction of sp³-hybridized carbons (Fsp3) is 0.286. The third-order valence-corrected chi connectivity index (χ3v) is 3.78. The highest BCUT2D eigenvalue weighted by atomic mass is 16.6. The van der Waals surface area contributed by atoms with Crippen LogP contribution in [0, 0.1) is 0 Å². The molecule has 0 saturated carbocycles. The van der Waals surface area contributed by atoms with Crippen molar-refractivity contribution >= 4 is 11.9 Å². The van der Waals surface area contributed by atoms with Gasteiger partial charge in [-0.3, -0.25) is 4.79 Å². The predicted molar refractivity (Wildman–Crippen MR) is 70.7 cm³/mol. The molecule has 2 aliphatic rings. The molecule has 2 saturated heterocycles. The molecule has 106 valence electrons. The summed E-state index contributed by atoms with van der Waals surface area (Å²) in [5, 5.41) is 8.30. The number of esters is 1. The van der Waals surface area contributed by atoms with E-state index in [1.165, 1.54) is 15.9 Å². The zero-order valence-electron chi connectivity index (χ0n) is 11.0. The number of carbonyl (C=O) groups is 2. The van der Waals surface area contributed by atoms with Crippen LogP contribution in [0.15, 0.2) is 36.5 Å². The van der Waals surface area contributed by atoms with Gasteiger partial charge >= 0.3 is 5.97 Å². The molecule has 2 fully saturated rings. The van der Waals surface area contributed by atoms with Crippen LogP contribution in [0.5, 0.6) is 0 Å². The lowest BCUT2D eigenvalue weighted by atomic mass is 10.2. The average Bonchev–Trinajstić information content (AvgIpc) is 3.22. The van der Waals surface area contributed by atoms with Gasteiger partial charge in [0.25, 0.3) is 5.91 Å². The molecule has 0 aliphatic carbocycles. The lowest BCUT2D eigenvalue weighted by molar-refractivity contribution is -0.149. The summed E-state index contributed by atoms with van der Waals surface area (Å²) in [5.41, 5.74) is 1.01. The topological polar surface area (TPSA) is 77.3 Å². The quantitative estimate of drug-likeness (QED) is 0.746. The zero-order valence-corrected chi connectivity index (χ0v) is 11.0. The van der Waals surface area contributed by atoms with E-state index in [1.54, 1.807) is 0 Å². The summed E-state index contributed by atoms with van der Waals surface area (Å²) in [5.74, 6) is -0.601. The van der Waals surface area contributed by atoms with Crippen LogP contribution < -0.4 is 0 Å². The molecule has 2 aliphatic heterocycles. The van der Waals surface area contributed by atoms with E-state index >= 15 is 0 Å². The van der Waals surface area contributed by atoms with Gasteiger partial charge < -0.3 is 9.64 Å². The van der Waals surface area contributed by atoms with Gasteiger partial charge in [-0.25, -0.2) is 4.79 Å². The van der Waals surface area contributed by atoms with E-state index in [4.69, 9.17) is 4.74 Å². The second kappa shape index (κ2) is 4.41. The maximum Gasteiger partial charge on any atom is 0.329 e. The number of morpholine rings is 1. The monoisotopic (exact) mass is 284 g/mol. The first-order chi connectivity index (χ1) is 10.2. The molecule has 0 spiro atoms. The number of likely N-dealkylation sites (tertiary alicyclic amines) is 1. The van der Waals surface area contributed by atoms with Crippen LogP contribution in [-0.2, 0) is 9.53 Å². The Balaban J connectivity index is 1.59. The molecule has 2 aromatic rings. The third-order valence-electron chi connectivity index (χ3n) is 3.78. The van der Waals surface area contributed by atoms with Crippen molar-refractivity contribution in [3.8, 4) is 5.69 Å². The summed E-state index contributed by atoms with van der Waals surface area (Å²) in [6, 6.07) is 8.87. The molecule has 1 aromatic carbocycles. The van der Waals surface area contributed by atoms with Crippen LogP contribution in [0.3, 0.4) is 0 Å². The number of para-hydroxylation sites is 1. The van der Waals surface area contributed by atoms with Crippen LogP contribution in [-0.4, -0.2) is 50.5 Å². The first kappa shape index (κ1) is 12.1. The van der Waals surface area contributed by atoms with Crippen molar-refractivity contribution < 1.29 is 14.3 Å². The van der Waals surface area contributed by atoms with E-state index in [1.807, 2.05) is 30.3 Å². The minimum atomic E-state index is -0.468. The number of hydrogen-bond acceptors (Lipinski definition) is 5.